The lowest BCUT2D eigenvalue weighted by Gasteiger charge is -2.21. The Labute approximate surface area is 155 Å². The molecule has 1 aromatic carbocycles. The molecule has 0 aliphatic carbocycles. The van der Waals surface area contributed by atoms with E-state index in [0.717, 1.165) is 42.7 Å². The Morgan fingerprint density at radius 2 is 1.79 bits per heavy atom. The molecule has 2 atom stereocenters. The van der Waals surface area contributed by atoms with E-state index in [1.54, 1.807) is 11.7 Å². The number of aromatic nitrogens is 2. The second-order valence-electron chi connectivity index (χ2n) is 6.59. The zero-order valence-corrected chi connectivity index (χ0v) is 14.4. The number of aryl methyl sites for hydroxylation is 1. The second-order valence-corrected chi connectivity index (χ2v) is 6.59. The van der Waals surface area contributed by atoms with Crippen molar-refractivity contribution in [2.75, 3.05) is 0 Å². The van der Waals surface area contributed by atoms with Crippen molar-refractivity contribution >= 4 is 5.97 Å². The first-order valence-corrected chi connectivity index (χ1v) is 8.26. The van der Waals surface area contributed by atoms with Gasteiger partial charge in [-0.25, -0.2) is 18.0 Å². The van der Waals surface area contributed by atoms with Gasteiger partial charge in [0.25, 0.3) is 0 Å². The van der Waals surface area contributed by atoms with Gasteiger partial charge in [-0.2, -0.15) is 18.3 Å². The number of benzene rings is 1. The van der Waals surface area contributed by atoms with Crippen LogP contribution in [0.4, 0.5) is 26.3 Å². The third-order valence-electron chi connectivity index (χ3n) is 4.70. The third-order valence-corrected chi connectivity index (χ3v) is 4.70. The molecular weight excluding hydrogens is 392 g/mol. The van der Waals surface area contributed by atoms with Gasteiger partial charge in [-0.1, -0.05) is 0 Å². The molecule has 0 radical (unpaired) electrons. The molecule has 4 rings (SSSR count). The van der Waals surface area contributed by atoms with Crippen LogP contribution in [0.2, 0.25) is 0 Å². The van der Waals surface area contributed by atoms with Crippen LogP contribution in [0.1, 0.15) is 30.1 Å². The number of aliphatic carboxylic acids is 1. The number of fused-ring (bicyclic) bond motifs is 4. The summed E-state index contributed by atoms with van der Waals surface area (Å²) in [4.78, 5) is 8.90. The van der Waals surface area contributed by atoms with Gasteiger partial charge in [0, 0.05) is 24.2 Å². The van der Waals surface area contributed by atoms with E-state index in [2.05, 4.69) is 10.4 Å². The number of halogens is 6. The standard InChI is InChI=1S/C15H14F3N3.C2HF3O2/c1-21-15(7-4-10(16)13(18)11(17)5-7)9-6-8-2-3-12(19-8)14(9)20-21;3-2(4,5)1(6)7/h4-5,8,12,19H,2-3,6H2,1H3;(H,6,7). The maximum absolute atomic E-state index is 13.5. The highest BCUT2D eigenvalue weighted by molar-refractivity contribution is 5.73. The number of hydrogen-bond acceptors (Lipinski definition) is 3. The maximum Gasteiger partial charge on any atom is 0.490 e. The fourth-order valence-corrected chi connectivity index (χ4v) is 3.57. The fourth-order valence-electron chi connectivity index (χ4n) is 3.57. The monoisotopic (exact) mass is 407 g/mol. The Morgan fingerprint density at radius 1 is 1.21 bits per heavy atom. The number of nitrogens with zero attached hydrogens (tertiary/aromatic N) is 2. The van der Waals surface area contributed by atoms with E-state index in [0.29, 0.717) is 17.3 Å². The molecule has 11 heteroatoms. The van der Waals surface area contributed by atoms with Gasteiger partial charge < -0.3 is 10.4 Å². The quantitative estimate of drug-likeness (QED) is 0.561. The first-order chi connectivity index (χ1) is 13.0. The van der Waals surface area contributed by atoms with Crippen LogP contribution in [0.15, 0.2) is 12.1 Å². The Kier molecular flexibility index (Phi) is 5.13. The summed E-state index contributed by atoms with van der Waals surface area (Å²) in [5.74, 6) is -6.53. The Balaban J connectivity index is 0.000000279. The van der Waals surface area contributed by atoms with E-state index in [-0.39, 0.29) is 6.04 Å². The smallest absolute Gasteiger partial charge is 0.475 e. The van der Waals surface area contributed by atoms with Gasteiger partial charge in [0.2, 0.25) is 0 Å². The lowest BCUT2D eigenvalue weighted by atomic mass is 9.96. The summed E-state index contributed by atoms with van der Waals surface area (Å²) >= 11 is 0. The Hall–Kier alpha value is -2.56. The summed E-state index contributed by atoms with van der Waals surface area (Å²) in [5, 5.41) is 15.1. The summed E-state index contributed by atoms with van der Waals surface area (Å²) in [5.41, 5.74) is 2.99. The molecule has 2 bridgehead atoms. The molecule has 3 heterocycles. The van der Waals surface area contributed by atoms with E-state index in [1.807, 2.05) is 0 Å². The maximum atomic E-state index is 13.5. The van der Waals surface area contributed by atoms with E-state index in [4.69, 9.17) is 9.90 Å². The largest absolute Gasteiger partial charge is 0.490 e. The van der Waals surface area contributed by atoms with Gasteiger partial charge in [-0.05, 0) is 31.4 Å². The first kappa shape index (κ1) is 20.2. The number of carboxylic acids is 1. The van der Waals surface area contributed by atoms with Gasteiger partial charge in [-0.3, -0.25) is 4.68 Å². The van der Waals surface area contributed by atoms with Crippen LogP contribution in [-0.4, -0.2) is 33.1 Å². The van der Waals surface area contributed by atoms with Crippen molar-refractivity contribution in [2.45, 2.75) is 37.5 Å². The van der Waals surface area contributed by atoms with Crippen LogP contribution in [0, 0.1) is 17.5 Å². The minimum Gasteiger partial charge on any atom is -0.475 e. The molecule has 1 fully saturated rings. The Morgan fingerprint density at radius 3 is 2.32 bits per heavy atom. The predicted molar refractivity (Wildman–Crippen MR) is 84.8 cm³/mol. The van der Waals surface area contributed by atoms with Gasteiger partial charge in [-0.15, -0.1) is 0 Å². The molecule has 1 saturated heterocycles. The molecule has 28 heavy (non-hydrogen) atoms. The van der Waals surface area contributed by atoms with Crippen molar-refractivity contribution < 1.29 is 36.2 Å². The van der Waals surface area contributed by atoms with Crippen molar-refractivity contribution in [3.63, 3.8) is 0 Å². The molecule has 2 aliphatic rings. The van der Waals surface area contributed by atoms with Crippen molar-refractivity contribution in [3.8, 4) is 11.3 Å². The molecule has 2 aromatic rings. The van der Waals surface area contributed by atoms with Crippen molar-refractivity contribution in [3.05, 3.63) is 40.8 Å². The molecule has 2 N–H and O–H groups in total. The minimum absolute atomic E-state index is 0.217. The second kappa shape index (κ2) is 7.12. The fraction of sp³-hybridized carbons (Fsp3) is 0.412. The normalized spacial score (nSPS) is 20.4. The molecular formula is C17H15F6N3O2. The zero-order valence-electron chi connectivity index (χ0n) is 14.4. The average molecular weight is 407 g/mol. The first-order valence-electron chi connectivity index (χ1n) is 8.26. The van der Waals surface area contributed by atoms with Crippen LogP contribution < -0.4 is 5.32 Å². The molecule has 1 aromatic heterocycles. The van der Waals surface area contributed by atoms with Gasteiger partial charge >= 0.3 is 12.1 Å². The molecule has 2 aliphatic heterocycles. The highest BCUT2D eigenvalue weighted by Gasteiger charge is 2.38. The number of nitrogens with one attached hydrogen (secondary N) is 1. The molecule has 0 saturated carbocycles. The van der Waals surface area contributed by atoms with Crippen LogP contribution in [-0.2, 0) is 18.3 Å². The molecule has 5 nitrogen and oxygen atoms in total. The van der Waals surface area contributed by atoms with Crippen LogP contribution >= 0.6 is 0 Å². The number of carbonyl (C=O) groups is 1. The van der Waals surface area contributed by atoms with E-state index >= 15 is 0 Å². The summed E-state index contributed by atoms with van der Waals surface area (Å²) in [6.45, 7) is 0. The lowest BCUT2D eigenvalue weighted by molar-refractivity contribution is -0.192. The van der Waals surface area contributed by atoms with Crippen LogP contribution in [0.25, 0.3) is 11.3 Å². The summed E-state index contributed by atoms with van der Waals surface area (Å²) in [6, 6.07) is 2.69. The average Bonchev–Trinajstić information content (AvgIpc) is 3.14. The zero-order chi connectivity index (χ0) is 20.8. The Bertz CT molecular complexity index is 901. The molecule has 152 valence electrons. The number of hydrogen-bond donors (Lipinski definition) is 2. The van der Waals surface area contributed by atoms with Crippen molar-refractivity contribution in [2.24, 2.45) is 7.05 Å². The minimum atomic E-state index is -5.08. The van der Waals surface area contributed by atoms with E-state index in [1.165, 1.54) is 0 Å². The van der Waals surface area contributed by atoms with Gasteiger partial charge in [0.15, 0.2) is 17.5 Å². The van der Waals surface area contributed by atoms with Crippen molar-refractivity contribution in [1.29, 1.82) is 0 Å². The summed E-state index contributed by atoms with van der Waals surface area (Å²) in [6.07, 6.45) is -2.19. The summed E-state index contributed by atoms with van der Waals surface area (Å²) in [7, 11) is 1.75. The highest BCUT2D eigenvalue weighted by Crippen LogP contribution is 2.40. The highest BCUT2D eigenvalue weighted by atomic mass is 19.4. The summed E-state index contributed by atoms with van der Waals surface area (Å²) < 4.78 is 73.5. The van der Waals surface area contributed by atoms with E-state index in [9.17, 15) is 26.3 Å². The number of carboxylic acid groups (broad SMARTS) is 1. The topological polar surface area (TPSA) is 67.2 Å². The van der Waals surface area contributed by atoms with E-state index < -0.39 is 29.6 Å². The van der Waals surface area contributed by atoms with Crippen molar-refractivity contribution in [1.82, 2.24) is 15.1 Å². The van der Waals surface area contributed by atoms with Gasteiger partial charge in [0.1, 0.15) is 0 Å². The lowest BCUT2D eigenvalue weighted by Crippen LogP contribution is -2.31. The SMILES string of the molecule is Cn1nc2c(c1-c1cc(F)c(F)c(F)c1)CC1CCC2N1.O=C(O)C(F)(F)F. The molecule has 0 amide bonds. The molecule has 0 spiro atoms. The van der Waals surface area contributed by atoms with Crippen LogP contribution in [0.3, 0.4) is 0 Å². The predicted octanol–water partition coefficient (Wildman–Crippen LogP) is 3.49. The number of rotatable bonds is 1. The van der Waals surface area contributed by atoms with Crippen LogP contribution in [0.5, 0.6) is 0 Å². The third kappa shape index (κ3) is 3.71. The number of alkyl halides is 3. The van der Waals surface area contributed by atoms with Gasteiger partial charge in [0.05, 0.1) is 17.4 Å². The molecule has 2 unspecified atom stereocenters.